The van der Waals surface area contributed by atoms with Crippen LogP contribution in [0.4, 0.5) is 0 Å². The standard InChI is InChI=1S/C16H24N2O.2ClH/c1-19-15-7-3-6-14(12-15)16(13-4-2-5-13)18-10-8-17-9-11-18;;/h3,6-7,12-13,16-17H,2,4-5,8-11H2,1H3;2*1H/t16-;;/m0../s1. The molecule has 5 heteroatoms. The number of benzene rings is 1. The van der Waals surface area contributed by atoms with Crippen LogP contribution < -0.4 is 10.1 Å². The lowest BCUT2D eigenvalue weighted by atomic mass is 9.76. The second kappa shape index (κ2) is 8.84. The second-order valence-electron chi connectivity index (χ2n) is 5.70. The summed E-state index contributed by atoms with van der Waals surface area (Å²) in [6.07, 6.45) is 4.16. The molecule has 0 bridgehead atoms. The fourth-order valence-electron chi connectivity index (χ4n) is 3.32. The predicted octanol–water partition coefficient (Wildman–Crippen LogP) is 3.29. The van der Waals surface area contributed by atoms with Crippen molar-refractivity contribution in [1.82, 2.24) is 10.2 Å². The number of methoxy groups -OCH3 is 1. The van der Waals surface area contributed by atoms with Crippen molar-refractivity contribution in [2.45, 2.75) is 25.3 Å². The molecule has 1 saturated heterocycles. The van der Waals surface area contributed by atoms with Crippen LogP contribution in [0.15, 0.2) is 24.3 Å². The summed E-state index contributed by atoms with van der Waals surface area (Å²) >= 11 is 0. The highest BCUT2D eigenvalue weighted by Crippen LogP contribution is 2.42. The van der Waals surface area contributed by atoms with Gasteiger partial charge in [-0.1, -0.05) is 18.6 Å². The highest BCUT2D eigenvalue weighted by atomic mass is 35.5. The number of nitrogens with one attached hydrogen (secondary N) is 1. The van der Waals surface area contributed by atoms with Gasteiger partial charge in [-0.2, -0.15) is 0 Å². The Morgan fingerprint density at radius 1 is 1.19 bits per heavy atom. The maximum atomic E-state index is 5.39. The minimum atomic E-state index is 0. The van der Waals surface area contributed by atoms with E-state index in [1.807, 2.05) is 6.07 Å². The topological polar surface area (TPSA) is 24.5 Å². The van der Waals surface area contributed by atoms with E-state index in [0.29, 0.717) is 6.04 Å². The first-order chi connectivity index (χ1) is 9.38. The maximum absolute atomic E-state index is 5.39. The molecule has 0 radical (unpaired) electrons. The van der Waals surface area contributed by atoms with Crippen LogP contribution in [0, 0.1) is 5.92 Å². The molecule has 1 aliphatic heterocycles. The van der Waals surface area contributed by atoms with E-state index in [1.54, 1.807) is 7.11 Å². The van der Waals surface area contributed by atoms with Crippen LogP contribution >= 0.6 is 24.8 Å². The maximum Gasteiger partial charge on any atom is 0.119 e. The molecular formula is C16H26Cl2N2O. The summed E-state index contributed by atoms with van der Waals surface area (Å²) in [5.41, 5.74) is 1.44. The lowest BCUT2D eigenvalue weighted by Gasteiger charge is -2.43. The van der Waals surface area contributed by atoms with Gasteiger partial charge in [0.1, 0.15) is 5.75 Å². The Hall–Kier alpha value is -0.480. The summed E-state index contributed by atoms with van der Waals surface area (Å²) in [4.78, 5) is 2.66. The Morgan fingerprint density at radius 2 is 1.90 bits per heavy atom. The molecule has 1 aliphatic carbocycles. The van der Waals surface area contributed by atoms with Gasteiger partial charge < -0.3 is 10.1 Å². The van der Waals surface area contributed by atoms with Crippen molar-refractivity contribution >= 4 is 24.8 Å². The lowest BCUT2D eigenvalue weighted by molar-refractivity contribution is 0.0836. The van der Waals surface area contributed by atoms with Crippen LogP contribution in [0.5, 0.6) is 5.75 Å². The molecule has 3 nitrogen and oxygen atoms in total. The van der Waals surface area contributed by atoms with Gasteiger partial charge in [-0.15, -0.1) is 24.8 Å². The van der Waals surface area contributed by atoms with Crippen LogP contribution in [-0.4, -0.2) is 38.2 Å². The number of piperazine rings is 1. The van der Waals surface area contributed by atoms with Gasteiger partial charge in [0.05, 0.1) is 7.11 Å². The van der Waals surface area contributed by atoms with Crippen molar-refractivity contribution in [3.05, 3.63) is 29.8 Å². The molecule has 1 atom stereocenters. The molecule has 1 aromatic rings. The van der Waals surface area contributed by atoms with Gasteiger partial charge in [0, 0.05) is 32.2 Å². The summed E-state index contributed by atoms with van der Waals surface area (Å²) in [5.74, 6) is 1.82. The van der Waals surface area contributed by atoms with E-state index >= 15 is 0 Å². The van der Waals surface area contributed by atoms with E-state index < -0.39 is 0 Å². The molecular weight excluding hydrogens is 307 g/mol. The molecule has 120 valence electrons. The predicted molar refractivity (Wildman–Crippen MR) is 92.0 cm³/mol. The summed E-state index contributed by atoms with van der Waals surface area (Å²) in [7, 11) is 1.75. The Labute approximate surface area is 140 Å². The van der Waals surface area contributed by atoms with E-state index in [4.69, 9.17) is 4.74 Å². The van der Waals surface area contributed by atoms with E-state index in [1.165, 1.54) is 37.9 Å². The largest absolute Gasteiger partial charge is 0.497 e. The molecule has 21 heavy (non-hydrogen) atoms. The van der Waals surface area contributed by atoms with Gasteiger partial charge in [0.2, 0.25) is 0 Å². The number of hydrogen-bond acceptors (Lipinski definition) is 3. The normalized spacial score (nSPS) is 20.6. The Balaban J connectivity index is 0.00000110. The van der Waals surface area contributed by atoms with Gasteiger partial charge in [0.15, 0.2) is 0 Å². The third kappa shape index (κ3) is 4.26. The van der Waals surface area contributed by atoms with Crippen molar-refractivity contribution in [1.29, 1.82) is 0 Å². The van der Waals surface area contributed by atoms with Crippen molar-refractivity contribution in [3.63, 3.8) is 0 Å². The zero-order chi connectivity index (χ0) is 13.1. The number of nitrogens with zero attached hydrogens (tertiary/aromatic N) is 1. The summed E-state index contributed by atoms with van der Waals surface area (Å²) in [5, 5.41) is 3.45. The molecule has 1 saturated carbocycles. The zero-order valence-electron chi connectivity index (χ0n) is 12.6. The van der Waals surface area contributed by atoms with Crippen LogP contribution in [0.3, 0.4) is 0 Å². The van der Waals surface area contributed by atoms with Crippen LogP contribution in [0.2, 0.25) is 0 Å². The highest BCUT2D eigenvalue weighted by molar-refractivity contribution is 5.85. The van der Waals surface area contributed by atoms with Gasteiger partial charge in [-0.25, -0.2) is 0 Å². The van der Waals surface area contributed by atoms with Crippen molar-refractivity contribution in [2.24, 2.45) is 5.92 Å². The minimum Gasteiger partial charge on any atom is -0.497 e. The number of rotatable bonds is 4. The quantitative estimate of drug-likeness (QED) is 0.915. The van der Waals surface area contributed by atoms with Crippen molar-refractivity contribution in [3.8, 4) is 5.75 Å². The first kappa shape index (κ1) is 18.6. The minimum absolute atomic E-state index is 0. The summed E-state index contributed by atoms with van der Waals surface area (Å²) in [6.45, 7) is 4.57. The van der Waals surface area contributed by atoms with Gasteiger partial charge in [0.25, 0.3) is 0 Å². The highest BCUT2D eigenvalue weighted by Gasteiger charge is 2.33. The average Bonchev–Trinajstić information content (AvgIpc) is 2.43. The SMILES string of the molecule is COc1cccc([C@H](C2CCC2)N2CCNCC2)c1.Cl.Cl. The molecule has 1 N–H and O–H groups in total. The van der Waals surface area contributed by atoms with Crippen molar-refractivity contribution < 1.29 is 4.74 Å². The van der Waals surface area contributed by atoms with Gasteiger partial charge in [-0.3, -0.25) is 4.90 Å². The molecule has 3 rings (SSSR count). The molecule has 0 amide bonds. The van der Waals surface area contributed by atoms with E-state index in [-0.39, 0.29) is 24.8 Å². The fourth-order valence-corrected chi connectivity index (χ4v) is 3.32. The van der Waals surface area contributed by atoms with E-state index in [2.05, 4.69) is 28.4 Å². The third-order valence-electron chi connectivity index (χ3n) is 4.58. The van der Waals surface area contributed by atoms with Gasteiger partial charge >= 0.3 is 0 Å². The third-order valence-corrected chi connectivity index (χ3v) is 4.58. The van der Waals surface area contributed by atoms with Crippen LogP contribution in [-0.2, 0) is 0 Å². The molecule has 2 fully saturated rings. The second-order valence-corrected chi connectivity index (χ2v) is 5.70. The van der Waals surface area contributed by atoms with E-state index in [9.17, 15) is 0 Å². The van der Waals surface area contributed by atoms with Crippen molar-refractivity contribution in [2.75, 3.05) is 33.3 Å². The zero-order valence-corrected chi connectivity index (χ0v) is 14.2. The number of halogens is 2. The van der Waals surface area contributed by atoms with Crippen LogP contribution in [0.1, 0.15) is 30.9 Å². The van der Waals surface area contributed by atoms with E-state index in [0.717, 1.165) is 24.8 Å². The Morgan fingerprint density at radius 3 is 2.48 bits per heavy atom. The van der Waals surface area contributed by atoms with Gasteiger partial charge in [-0.05, 0) is 36.5 Å². The molecule has 0 unspecified atom stereocenters. The summed E-state index contributed by atoms with van der Waals surface area (Å²) in [6, 6.07) is 9.26. The molecule has 0 spiro atoms. The van der Waals surface area contributed by atoms with Crippen LogP contribution in [0.25, 0.3) is 0 Å². The molecule has 1 aromatic carbocycles. The fraction of sp³-hybridized carbons (Fsp3) is 0.625. The molecule has 2 aliphatic rings. The first-order valence-electron chi connectivity index (χ1n) is 7.47. The smallest absolute Gasteiger partial charge is 0.119 e. The molecule has 0 aromatic heterocycles. The lowest BCUT2D eigenvalue weighted by Crippen LogP contribution is -2.47. The first-order valence-corrected chi connectivity index (χ1v) is 7.47. The molecule has 1 heterocycles. The number of ether oxygens (including phenoxy) is 1. The monoisotopic (exact) mass is 332 g/mol. The Kier molecular flexibility index (Phi) is 7.82. The number of hydrogen-bond donors (Lipinski definition) is 1. The average molecular weight is 333 g/mol. The summed E-state index contributed by atoms with van der Waals surface area (Å²) < 4.78 is 5.39. The Bertz CT molecular complexity index is 420.